The first-order valence-electron chi connectivity index (χ1n) is 7.90. The molecule has 0 fully saturated rings. The maximum Gasteiger partial charge on any atom is 0.260 e. The van der Waals surface area contributed by atoms with E-state index < -0.39 is 24.0 Å². The van der Waals surface area contributed by atoms with E-state index in [1.165, 1.54) is 17.2 Å². The van der Waals surface area contributed by atoms with Crippen LogP contribution >= 0.6 is 0 Å². The summed E-state index contributed by atoms with van der Waals surface area (Å²) in [4.78, 5) is 28.0. The molecule has 0 saturated carbocycles. The summed E-state index contributed by atoms with van der Waals surface area (Å²) in [6, 6.07) is 19.9. The van der Waals surface area contributed by atoms with Crippen LogP contribution in [0.5, 0.6) is 0 Å². The van der Waals surface area contributed by atoms with Crippen LogP contribution < -0.4 is 0 Å². The lowest BCUT2D eigenvalue weighted by molar-refractivity contribution is 0.0439. The minimum Gasteiger partial charge on any atom is -0.285 e. The highest BCUT2D eigenvalue weighted by atomic mass is 16.2. The summed E-state index contributed by atoms with van der Waals surface area (Å²) in [5.41, 5.74) is 0.732. The van der Waals surface area contributed by atoms with Gasteiger partial charge in [-0.15, -0.1) is 0 Å². The molecule has 26 heavy (non-hydrogen) atoms. The fourth-order valence-corrected chi connectivity index (χ4v) is 2.74. The van der Waals surface area contributed by atoms with E-state index in [1.807, 2.05) is 12.1 Å². The maximum absolute atomic E-state index is 12.9. The Morgan fingerprint density at radius 2 is 1.35 bits per heavy atom. The molecule has 2 aromatic rings. The molecule has 3 rings (SSSR count). The number of rotatable bonds is 2. The number of nitrogens with zero attached hydrogens (tertiary/aromatic N) is 4. The van der Waals surface area contributed by atoms with Crippen LogP contribution in [-0.2, 0) is 0 Å². The normalized spacial score (nSPS) is 18.7. The van der Waals surface area contributed by atoms with Crippen LogP contribution in [0.3, 0.4) is 0 Å². The third-order valence-corrected chi connectivity index (χ3v) is 4.01. The van der Waals surface area contributed by atoms with Gasteiger partial charge < -0.3 is 0 Å². The van der Waals surface area contributed by atoms with Crippen molar-refractivity contribution in [3.8, 4) is 12.1 Å². The van der Waals surface area contributed by atoms with E-state index >= 15 is 0 Å². The highest BCUT2D eigenvalue weighted by Crippen LogP contribution is 2.22. The van der Waals surface area contributed by atoms with Gasteiger partial charge in [0.2, 0.25) is 6.17 Å². The lowest BCUT2D eigenvalue weighted by atomic mass is 10.1. The van der Waals surface area contributed by atoms with Gasteiger partial charge in [-0.3, -0.25) is 19.4 Å². The van der Waals surface area contributed by atoms with E-state index in [4.69, 9.17) is 0 Å². The summed E-state index contributed by atoms with van der Waals surface area (Å²) in [6.45, 7) is 0. The molecule has 1 aliphatic heterocycles. The van der Waals surface area contributed by atoms with Gasteiger partial charge in [-0.1, -0.05) is 36.4 Å². The second-order valence-electron chi connectivity index (χ2n) is 5.58. The van der Waals surface area contributed by atoms with Gasteiger partial charge in [0.1, 0.15) is 12.1 Å². The van der Waals surface area contributed by atoms with Crippen molar-refractivity contribution in [3.63, 3.8) is 0 Å². The van der Waals surface area contributed by atoms with Gasteiger partial charge in [-0.05, 0) is 30.3 Å². The Labute approximate surface area is 150 Å². The Balaban J connectivity index is 2.00. The van der Waals surface area contributed by atoms with Gasteiger partial charge in [-0.25, -0.2) is 0 Å². The number of carbonyl (C=O) groups is 2. The molecular weight excluding hydrogens is 328 g/mol. The van der Waals surface area contributed by atoms with Gasteiger partial charge in [0.15, 0.2) is 0 Å². The van der Waals surface area contributed by atoms with Gasteiger partial charge in [0.25, 0.3) is 11.8 Å². The maximum atomic E-state index is 12.9. The fraction of sp³-hybridized carbons (Fsp3) is 0.100. The summed E-state index contributed by atoms with van der Waals surface area (Å²) in [6.07, 6.45) is 1.62. The van der Waals surface area contributed by atoms with Crippen molar-refractivity contribution in [1.82, 2.24) is 9.80 Å². The molecule has 2 unspecified atom stereocenters. The van der Waals surface area contributed by atoms with E-state index in [0.29, 0.717) is 11.1 Å². The largest absolute Gasteiger partial charge is 0.285 e. The SMILES string of the molecule is N#CC1C=CN(C(=O)c2ccccc2)C(C#N)N1C(=O)c1ccccc1. The number of carbonyl (C=O) groups excluding carboxylic acids is 2. The molecule has 0 saturated heterocycles. The summed E-state index contributed by atoms with van der Waals surface area (Å²) < 4.78 is 0. The fourth-order valence-electron chi connectivity index (χ4n) is 2.74. The first-order chi connectivity index (χ1) is 12.7. The highest BCUT2D eigenvalue weighted by molar-refractivity contribution is 5.98. The Kier molecular flexibility index (Phi) is 4.78. The Morgan fingerprint density at radius 3 is 1.85 bits per heavy atom. The second kappa shape index (κ2) is 7.33. The summed E-state index contributed by atoms with van der Waals surface area (Å²) in [5, 5.41) is 19.1. The van der Waals surface area contributed by atoms with Gasteiger partial charge >= 0.3 is 0 Å². The average Bonchev–Trinajstić information content (AvgIpc) is 2.72. The minimum absolute atomic E-state index is 0.343. The Hall–Kier alpha value is -3.90. The zero-order chi connectivity index (χ0) is 18.5. The summed E-state index contributed by atoms with van der Waals surface area (Å²) >= 11 is 0. The molecule has 1 aliphatic rings. The predicted molar refractivity (Wildman–Crippen MR) is 93.2 cm³/mol. The topological polar surface area (TPSA) is 88.2 Å². The molecule has 0 aliphatic carbocycles. The second-order valence-corrected chi connectivity index (χ2v) is 5.58. The monoisotopic (exact) mass is 342 g/mol. The standard InChI is InChI=1S/C20H14N4O2/c21-13-17-11-12-23(19(25)15-7-3-1-4-8-15)18(14-22)24(17)20(26)16-9-5-2-6-10-16/h1-12,17-18H. The number of hydrogen-bond acceptors (Lipinski definition) is 4. The smallest absolute Gasteiger partial charge is 0.260 e. The first kappa shape index (κ1) is 16.9. The van der Waals surface area contributed by atoms with Crippen LogP contribution in [0.1, 0.15) is 20.7 Å². The molecule has 0 bridgehead atoms. The lowest BCUT2D eigenvalue weighted by Gasteiger charge is -2.38. The minimum atomic E-state index is -1.22. The molecule has 0 aromatic heterocycles. The van der Waals surface area contributed by atoms with Gasteiger partial charge in [0.05, 0.1) is 6.07 Å². The van der Waals surface area contributed by atoms with Crippen molar-refractivity contribution in [2.75, 3.05) is 0 Å². The van der Waals surface area contributed by atoms with E-state index in [-0.39, 0.29) is 0 Å². The van der Waals surface area contributed by atoms with E-state index in [0.717, 1.165) is 4.90 Å². The first-order valence-corrected chi connectivity index (χ1v) is 7.90. The van der Waals surface area contributed by atoms with E-state index in [2.05, 4.69) is 0 Å². The third-order valence-electron chi connectivity index (χ3n) is 4.01. The van der Waals surface area contributed by atoms with Crippen molar-refractivity contribution in [2.45, 2.75) is 12.2 Å². The number of nitriles is 2. The Morgan fingerprint density at radius 1 is 0.808 bits per heavy atom. The molecule has 0 N–H and O–H groups in total. The van der Waals surface area contributed by atoms with Gasteiger partial charge in [-0.2, -0.15) is 10.5 Å². The van der Waals surface area contributed by atoms with Crippen LogP contribution in [0.25, 0.3) is 0 Å². The molecular formula is C20H14N4O2. The number of amides is 2. The summed E-state index contributed by atoms with van der Waals surface area (Å²) in [5.74, 6) is -0.908. The number of hydrogen-bond donors (Lipinski definition) is 0. The van der Waals surface area contributed by atoms with Crippen LogP contribution in [0.4, 0.5) is 0 Å². The molecule has 2 aromatic carbocycles. The van der Waals surface area contributed by atoms with Crippen molar-refractivity contribution in [2.24, 2.45) is 0 Å². The Bertz CT molecular complexity index is 926. The average molecular weight is 342 g/mol. The van der Waals surface area contributed by atoms with Crippen LogP contribution in [-0.4, -0.2) is 33.8 Å². The van der Waals surface area contributed by atoms with Crippen molar-refractivity contribution in [1.29, 1.82) is 10.5 Å². The third kappa shape index (κ3) is 3.04. The van der Waals surface area contributed by atoms with Crippen LogP contribution in [0, 0.1) is 22.7 Å². The zero-order valence-corrected chi connectivity index (χ0v) is 13.7. The molecule has 6 heteroatoms. The molecule has 2 atom stereocenters. The van der Waals surface area contributed by atoms with Gasteiger partial charge in [0, 0.05) is 17.3 Å². The molecule has 6 nitrogen and oxygen atoms in total. The van der Waals surface area contributed by atoms with Crippen molar-refractivity contribution in [3.05, 3.63) is 84.1 Å². The van der Waals surface area contributed by atoms with Crippen LogP contribution in [0.2, 0.25) is 0 Å². The molecule has 1 heterocycles. The quantitative estimate of drug-likeness (QED) is 0.839. The van der Waals surface area contributed by atoms with Crippen molar-refractivity contribution < 1.29 is 9.59 Å². The predicted octanol–water partition coefficient (Wildman–Crippen LogP) is 2.54. The highest BCUT2D eigenvalue weighted by Gasteiger charge is 2.39. The van der Waals surface area contributed by atoms with Crippen LogP contribution in [0.15, 0.2) is 72.9 Å². The molecule has 0 spiro atoms. The molecule has 126 valence electrons. The lowest BCUT2D eigenvalue weighted by Crippen LogP contribution is -2.56. The number of benzene rings is 2. The molecule has 0 radical (unpaired) electrons. The van der Waals surface area contributed by atoms with E-state index in [9.17, 15) is 20.1 Å². The zero-order valence-electron chi connectivity index (χ0n) is 13.7. The summed E-state index contributed by atoms with van der Waals surface area (Å²) in [7, 11) is 0. The molecule has 2 amide bonds. The van der Waals surface area contributed by atoms with Crippen molar-refractivity contribution >= 4 is 11.8 Å². The van der Waals surface area contributed by atoms with E-state index in [1.54, 1.807) is 60.7 Å².